The van der Waals surface area contributed by atoms with E-state index in [2.05, 4.69) is 38.8 Å². The quantitative estimate of drug-likeness (QED) is 0.774. The average molecular weight is 303 g/mol. The number of rotatable bonds is 7. The van der Waals surface area contributed by atoms with Crippen LogP contribution < -0.4 is 4.90 Å². The first-order chi connectivity index (χ1) is 8.19. The Morgan fingerprint density at radius 3 is 2.71 bits per heavy atom. The van der Waals surface area contributed by atoms with Crippen molar-refractivity contribution in [3.05, 3.63) is 22.9 Å². The highest BCUT2D eigenvalue weighted by Crippen LogP contribution is 2.20. The molecule has 1 aromatic rings. The Labute approximate surface area is 111 Å². The van der Waals surface area contributed by atoms with Crippen LogP contribution in [0.15, 0.2) is 22.9 Å². The van der Waals surface area contributed by atoms with Crippen LogP contribution in [0.5, 0.6) is 0 Å². The Morgan fingerprint density at radius 2 is 2.12 bits per heavy atom. The zero-order valence-corrected chi connectivity index (χ0v) is 12.1. The minimum atomic E-state index is 0.284. The van der Waals surface area contributed by atoms with Gasteiger partial charge in [0.15, 0.2) is 0 Å². The standard InChI is InChI=1S/C12H19BrN2O2/c1-10(9-17-3)15(4-5-16-2)12-6-11(13)7-14-8-12/h6-8,10H,4-5,9H2,1-3H3. The van der Waals surface area contributed by atoms with E-state index < -0.39 is 0 Å². The van der Waals surface area contributed by atoms with Crippen molar-refractivity contribution >= 4 is 21.6 Å². The fraction of sp³-hybridized carbons (Fsp3) is 0.583. The van der Waals surface area contributed by atoms with E-state index in [9.17, 15) is 0 Å². The summed E-state index contributed by atoms with van der Waals surface area (Å²) in [6.07, 6.45) is 3.63. The van der Waals surface area contributed by atoms with Gasteiger partial charge >= 0.3 is 0 Å². The van der Waals surface area contributed by atoms with Gasteiger partial charge in [0.1, 0.15) is 0 Å². The van der Waals surface area contributed by atoms with Gasteiger partial charge in [0.25, 0.3) is 0 Å². The van der Waals surface area contributed by atoms with E-state index in [0.29, 0.717) is 13.2 Å². The summed E-state index contributed by atoms with van der Waals surface area (Å²) in [7, 11) is 3.42. The predicted octanol–water partition coefficient (Wildman–Crippen LogP) is 2.33. The van der Waals surface area contributed by atoms with Crippen LogP contribution in [0.4, 0.5) is 5.69 Å². The predicted molar refractivity (Wildman–Crippen MR) is 72.5 cm³/mol. The van der Waals surface area contributed by atoms with E-state index in [1.165, 1.54) is 0 Å². The Bertz CT molecular complexity index is 336. The molecule has 17 heavy (non-hydrogen) atoms. The zero-order valence-electron chi connectivity index (χ0n) is 10.5. The number of methoxy groups -OCH3 is 2. The molecule has 0 aliphatic heterocycles. The van der Waals surface area contributed by atoms with Crippen LogP contribution >= 0.6 is 15.9 Å². The Kier molecular flexibility index (Phi) is 6.47. The lowest BCUT2D eigenvalue weighted by molar-refractivity contribution is 0.171. The molecule has 0 aromatic carbocycles. The molecule has 0 spiro atoms. The van der Waals surface area contributed by atoms with Gasteiger partial charge in [-0.2, -0.15) is 0 Å². The Morgan fingerprint density at radius 1 is 1.35 bits per heavy atom. The van der Waals surface area contributed by atoms with Crippen molar-refractivity contribution in [2.24, 2.45) is 0 Å². The van der Waals surface area contributed by atoms with E-state index in [0.717, 1.165) is 16.7 Å². The minimum absolute atomic E-state index is 0.284. The van der Waals surface area contributed by atoms with Crippen LogP contribution in [0.25, 0.3) is 0 Å². The third-order valence-electron chi connectivity index (χ3n) is 2.50. The molecule has 1 rings (SSSR count). The SMILES string of the molecule is COCCN(c1cncc(Br)c1)C(C)COC. The van der Waals surface area contributed by atoms with Gasteiger partial charge in [0.05, 0.1) is 25.1 Å². The molecule has 0 aliphatic carbocycles. The van der Waals surface area contributed by atoms with Crippen LogP contribution in [0.2, 0.25) is 0 Å². The van der Waals surface area contributed by atoms with E-state index in [1.54, 1.807) is 20.4 Å². The van der Waals surface area contributed by atoms with Gasteiger partial charge in [-0.15, -0.1) is 0 Å². The summed E-state index contributed by atoms with van der Waals surface area (Å²) >= 11 is 3.44. The number of halogens is 1. The third kappa shape index (κ3) is 4.61. The summed E-state index contributed by atoms with van der Waals surface area (Å²) in [5.41, 5.74) is 1.07. The lowest BCUT2D eigenvalue weighted by Crippen LogP contribution is -2.38. The highest BCUT2D eigenvalue weighted by molar-refractivity contribution is 9.10. The van der Waals surface area contributed by atoms with Crippen LogP contribution in [-0.4, -0.2) is 45.0 Å². The average Bonchev–Trinajstić information content (AvgIpc) is 2.30. The first kappa shape index (κ1) is 14.4. The highest BCUT2D eigenvalue weighted by Gasteiger charge is 2.14. The van der Waals surface area contributed by atoms with Crippen LogP contribution in [0.3, 0.4) is 0 Å². The molecular weight excluding hydrogens is 284 g/mol. The molecule has 5 heteroatoms. The lowest BCUT2D eigenvalue weighted by Gasteiger charge is -2.30. The Hall–Kier alpha value is -0.650. The Balaban J connectivity index is 2.81. The fourth-order valence-electron chi connectivity index (χ4n) is 1.68. The van der Waals surface area contributed by atoms with E-state index in [4.69, 9.17) is 9.47 Å². The third-order valence-corrected chi connectivity index (χ3v) is 2.93. The van der Waals surface area contributed by atoms with Crippen molar-refractivity contribution in [3.8, 4) is 0 Å². The molecule has 1 aromatic heterocycles. The molecular formula is C12H19BrN2O2. The maximum Gasteiger partial charge on any atom is 0.0663 e. The number of hydrogen-bond donors (Lipinski definition) is 0. The molecule has 0 amide bonds. The number of ether oxygens (including phenoxy) is 2. The molecule has 1 heterocycles. The smallest absolute Gasteiger partial charge is 0.0663 e. The zero-order chi connectivity index (χ0) is 12.7. The number of nitrogens with zero attached hydrogens (tertiary/aromatic N) is 2. The van der Waals surface area contributed by atoms with Crippen molar-refractivity contribution in [2.75, 3.05) is 38.9 Å². The van der Waals surface area contributed by atoms with Gasteiger partial charge in [-0.25, -0.2) is 0 Å². The number of aromatic nitrogens is 1. The summed E-state index contributed by atoms with van der Waals surface area (Å²) in [5.74, 6) is 0. The molecule has 0 radical (unpaired) electrons. The van der Waals surface area contributed by atoms with Crippen molar-refractivity contribution in [2.45, 2.75) is 13.0 Å². The number of hydrogen-bond acceptors (Lipinski definition) is 4. The summed E-state index contributed by atoms with van der Waals surface area (Å²) in [6, 6.07) is 2.33. The minimum Gasteiger partial charge on any atom is -0.383 e. The maximum absolute atomic E-state index is 5.20. The highest BCUT2D eigenvalue weighted by atomic mass is 79.9. The second-order valence-electron chi connectivity index (χ2n) is 3.85. The number of pyridine rings is 1. The van der Waals surface area contributed by atoms with Crippen LogP contribution in [-0.2, 0) is 9.47 Å². The van der Waals surface area contributed by atoms with Crippen molar-refractivity contribution in [1.29, 1.82) is 0 Å². The first-order valence-electron chi connectivity index (χ1n) is 5.54. The van der Waals surface area contributed by atoms with Gasteiger partial charge in [-0.3, -0.25) is 4.98 Å². The van der Waals surface area contributed by atoms with Crippen molar-refractivity contribution in [1.82, 2.24) is 4.98 Å². The molecule has 1 atom stereocenters. The lowest BCUT2D eigenvalue weighted by atomic mass is 10.2. The maximum atomic E-state index is 5.20. The number of anilines is 1. The van der Waals surface area contributed by atoms with E-state index in [-0.39, 0.29) is 6.04 Å². The largest absolute Gasteiger partial charge is 0.383 e. The summed E-state index contributed by atoms with van der Waals surface area (Å²) in [5, 5.41) is 0. The van der Waals surface area contributed by atoms with E-state index >= 15 is 0 Å². The molecule has 0 saturated carbocycles. The molecule has 0 aliphatic rings. The van der Waals surface area contributed by atoms with Crippen molar-refractivity contribution < 1.29 is 9.47 Å². The molecule has 0 saturated heterocycles. The van der Waals surface area contributed by atoms with Gasteiger partial charge in [-0.1, -0.05) is 0 Å². The second kappa shape index (κ2) is 7.63. The molecule has 0 fully saturated rings. The first-order valence-corrected chi connectivity index (χ1v) is 6.33. The molecule has 1 unspecified atom stereocenters. The van der Waals surface area contributed by atoms with Gasteiger partial charge < -0.3 is 14.4 Å². The monoisotopic (exact) mass is 302 g/mol. The van der Waals surface area contributed by atoms with Gasteiger partial charge in [-0.05, 0) is 28.9 Å². The second-order valence-corrected chi connectivity index (χ2v) is 4.77. The summed E-state index contributed by atoms with van der Waals surface area (Å²) < 4.78 is 11.3. The molecule has 4 nitrogen and oxygen atoms in total. The summed E-state index contributed by atoms with van der Waals surface area (Å²) in [6.45, 7) is 4.30. The summed E-state index contributed by atoms with van der Waals surface area (Å²) in [4.78, 5) is 6.41. The van der Waals surface area contributed by atoms with Crippen molar-refractivity contribution in [3.63, 3.8) is 0 Å². The van der Waals surface area contributed by atoms with Crippen LogP contribution in [0, 0.1) is 0 Å². The molecule has 0 bridgehead atoms. The van der Waals surface area contributed by atoms with Gasteiger partial charge in [0.2, 0.25) is 0 Å². The van der Waals surface area contributed by atoms with Gasteiger partial charge in [0, 0.05) is 37.5 Å². The normalized spacial score (nSPS) is 12.5. The molecule has 0 N–H and O–H groups in total. The fourth-order valence-corrected chi connectivity index (χ4v) is 2.04. The topological polar surface area (TPSA) is 34.6 Å². The molecule has 96 valence electrons. The van der Waals surface area contributed by atoms with E-state index in [1.807, 2.05) is 6.20 Å². The van der Waals surface area contributed by atoms with Crippen LogP contribution in [0.1, 0.15) is 6.92 Å².